The number of hydrogen-bond acceptors (Lipinski definition) is 6. The predicted octanol–water partition coefficient (Wildman–Crippen LogP) is 2.12. The molecule has 10 heteroatoms. The van der Waals surface area contributed by atoms with Crippen LogP contribution in [0.5, 0.6) is 0 Å². The van der Waals surface area contributed by atoms with E-state index < -0.39 is 14.8 Å². The zero-order chi connectivity index (χ0) is 14.8. The SMILES string of the molecule is O=[N+]([O-])c1cnn(CCS(=O)(=O)Cc2ccc(Cl)s2)c1. The van der Waals surface area contributed by atoms with Gasteiger partial charge in [0.2, 0.25) is 0 Å². The molecule has 0 aliphatic heterocycles. The molecule has 2 aromatic heterocycles. The number of thiophene rings is 1. The molecule has 0 unspecified atom stereocenters. The Labute approximate surface area is 123 Å². The van der Waals surface area contributed by atoms with Gasteiger partial charge >= 0.3 is 5.69 Å². The molecule has 2 aromatic rings. The summed E-state index contributed by atoms with van der Waals surface area (Å²) >= 11 is 6.96. The predicted molar refractivity (Wildman–Crippen MR) is 75.7 cm³/mol. The lowest BCUT2D eigenvalue weighted by molar-refractivity contribution is -0.385. The van der Waals surface area contributed by atoms with Gasteiger partial charge in [-0.25, -0.2) is 8.42 Å². The Morgan fingerprint density at radius 1 is 1.45 bits per heavy atom. The number of halogens is 1. The van der Waals surface area contributed by atoms with Crippen molar-refractivity contribution < 1.29 is 13.3 Å². The third-order valence-corrected chi connectivity index (χ3v) is 5.42. The highest BCUT2D eigenvalue weighted by atomic mass is 35.5. The van der Waals surface area contributed by atoms with Crippen LogP contribution in [0.3, 0.4) is 0 Å². The van der Waals surface area contributed by atoms with Crippen LogP contribution >= 0.6 is 22.9 Å². The third kappa shape index (κ3) is 4.02. The summed E-state index contributed by atoms with van der Waals surface area (Å²) in [6.45, 7) is 0.0787. The van der Waals surface area contributed by atoms with Crippen LogP contribution in [-0.2, 0) is 22.1 Å². The maximum Gasteiger partial charge on any atom is 0.306 e. The van der Waals surface area contributed by atoms with Crippen molar-refractivity contribution in [3.8, 4) is 0 Å². The minimum atomic E-state index is -3.31. The normalized spacial score (nSPS) is 11.7. The number of rotatable bonds is 6. The van der Waals surface area contributed by atoms with Crippen molar-refractivity contribution in [1.29, 1.82) is 0 Å². The molecule has 2 heterocycles. The van der Waals surface area contributed by atoms with Gasteiger partial charge in [0.25, 0.3) is 0 Å². The van der Waals surface area contributed by atoms with Gasteiger partial charge < -0.3 is 0 Å². The monoisotopic (exact) mass is 335 g/mol. The largest absolute Gasteiger partial charge is 0.306 e. The number of hydrogen-bond donors (Lipinski definition) is 0. The van der Waals surface area contributed by atoms with Crippen molar-refractivity contribution in [2.45, 2.75) is 12.3 Å². The summed E-state index contributed by atoms with van der Waals surface area (Å²) in [5.74, 6) is -0.227. The first-order valence-corrected chi connectivity index (χ1v) is 8.49. The van der Waals surface area contributed by atoms with Gasteiger partial charge in [0.15, 0.2) is 9.84 Å². The van der Waals surface area contributed by atoms with Gasteiger partial charge in [-0.05, 0) is 12.1 Å². The number of nitrogens with zero attached hydrogens (tertiary/aromatic N) is 3. The van der Waals surface area contributed by atoms with Crippen LogP contribution in [0, 0.1) is 10.1 Å². The molecular weight excluding hydrogens is 326 g/mol. The molecule has 7 nitrogen and oxygen atoms in total. The van der Waals surface area contributed by atoms with E-state index in [1.165, 1.54) is 22.2 Å². The lowest BCUT2D eigenvalue weighted by Gasteiger charge is -2.02. The summed E-state index contributed by atoms with van der Waals surface area (Å²) in [6.07, 6.45) is 2.29. The molecule has 108 valence electrons. The van der Waals surface area contributed by atoms with Gasteiger partial charge in [0.05, 0.1) is 27.3 Å². The summed E-state index contributed by atoms with van der Waals surface area (Å²) < 4.78 is 25.6. The molecule has 0 aromatic carbocycles. The average Bonchev–Trinajstić information content (AvgIpc) is 2.95. The minimum absolute atomic E-state index is 0.0787. The summed E-state index contributed by atoms with van der Waals surface area (Å²) in [5, 5.41) is 14.2. The van der Waals surface area contributed by atoms with Gasteiger partial charge in [0.1, 0.15) is 12.4 Å². The van der Waals surface area contributed by atoms with E-state index in [2.05, 4.69) is 5.10 Å². The molecule has 0 saturated carbocycles. The molecular formula is C10H10ClN3O4S2. The first kappa shape index (κ1) is 14.9. The molecule has 0 atom stereocenters. The maximum atomic E-state index is 11.9. The van der Waals surface area contributed by atoms with Crippen molar-refractivity contribution in [2.75, 3.05) is 5.75 Å². The van der Waals surface area contributed by atoms with Crippen LogP contribution in [-0.4, -0.2) is 28.9 Å². The van der Waals surface area contributed by atoms with E-state index in [1.54, 1.807) is 12.1 Å². The molecule has 0 bridgehead atoms. The number of aromatic nitrogens is 2. The van der Waals surface area contributed by atoms with Gasteiger partial charge in [0, 0.05) is 4.88 Å². The molecule has 20 heavy (non-hydrogen) atoms. The van der Waals surface area contributed by atoms with Crippen LogP contribution in [0.2, 0.25) is 4.34 Å². The average molecular weight is 336 g/mol. The fraction of sp³-hybridized carbons (Fsp3) is 0.300. The maximum absolute atomic E-state index is 11.9. The van der Waals surface area contributed by atoms with E-state index >= 15 is 0 Å². The summed E-state index contributed by atoms with van der Waals surface area (Å²) in [7, 11) is -3.31. The lowest BCUT2D eigenvalue weighted by atomic mass is 10.5. The van der Waals surface area contributed by atoms with Gasteiger partial charge in [-0.1, -0.05) is 11.6 Å². The first-order valence-electron chi connectivity index (χ1n) is 5.47. The van der Waals surface area contributed by atoms with Crippen LogP contribution in [0.25, 0.3) is 0 Å². The van der Waals surface area contributed by atoms with Crippen LogP contribution in [0.15, 0.2) is 24.5 Å². The highest BCUT2D eigenvalue weighted by Crippen LogP contribution is 2.23. The Kier molecular flexibility index (Phi) is 4.41. The van der Waals surface area contributed by atoms with E-state index in [-0.39, 0.29) is 23.7 Å². The van der Waals surface area contributed by atoms with Crippen molar-refractivity contribution in [1.82, 2.24) is 9.78 Å². The van der Waals surface area contributed by atoms with Crippen LogP contribution in [0.4, 0.5) is 5.69 Å². The molecule has 0 saturated heterocycles. The fourth-order valence-electron chi connectivity index (χ4n) is 1.52. The molecule has 0 N–H and O–H groups in total. The Balaban J connectivity index is 1.96. The van der Waals surface area contributed by atoms with Crippen molar-refractivity contribution in [3.63, 3.8) is 0 Å². The minimum Gasteiger partial charge on any atom is -0.265 e. The van der Waals surface area contributed by atoms with E-state index in [9.17, 15) is 18.5 Å². The van der Waals surface area contributed by atoms with E-state index in [0.29, 0.717) is 9.21 Å². The van der Waals surface area contributed by atoms with Gasteiger partial charge in [-0.2, -0.15) is 5.10 Å². The standard InChI is InChI=1S/C10H10ClN3O4S2/c11-10-2-1-9(19-10)7-20(17,18)4-3-13-6-8(5-12-13)14(15)16/h1-2,5-6H,3-4,7H2. The second-order valence-corrected chi connectivity index (χ2v) is 8.00. The zero-order valence-corrected chi connectivity index (χ0v) is 12.5. The molecule has 0 aliphatic carbocycles. The molecule has 0 spiro atoms. The fourth-order valence-corrected chi connectivity index (χ4v) is 4.32. The van der Waals surface area contributed by atoms with Crippen molar-refractivity contribution >= 4 is 38.5 Å². The third-order valence-electron chi connectivity index (χ3n) is 2.45. The molecule has 0 fully saturated rings. The highest BCUT2D eigenvalue weighted by Gasteiger charge is 2.15. The molecule has 2 rings (SSSR count). The van der Waals surface area contributed by atoms with E-state index in [1.807, 2.05) is 0 Å². The van der Waals surface area contributed by atoms with Gasteiger partial charge in [-0.3, -0.25) is 14.8 Å². The number of sulfone groups is 1. The van der Waals surface area contributed by atoms with Crippen molar-refractivity contribution in [2.24, 2.45) is 0 Å². The second kappa shape index (κ2) is 5.90. The Morgan fingerprint density at radius 3 is 2.75 bits per heavy atom. The molecule has 0 aliphatic rings. The summed E-state index contributed by atoms with van der Waals surface area (Å²) in [4.78, 5) is 10.6. The van der Waals surface area contributed by atoms with Crippen LogP contribution in [0.1, 0.15) is 4.88 Å². The van der Waals surface area contributed by atoms with Crippen molar-refractivity contribution in [3.05, 3.63) is 43.9 Å². The summed E-state index contributed by atoms with van der Waals surface area (Å²) in [6, 6.07) is 3.32. The van der Waals surface area contributed by atoms with E-state index in [4.69, 9.17) is 11.6 Å². The zero-order valence-electron chi connectivity index (χ0n) is 10.1. The molecule has 0 radical (unpaired) electrons. The Morgan fingerprint density at radius 2 is 2.20 bits per heavy atom. The molecule has 0 amide bonds. The first-order chi connectivity index (χ1) is 9.35. The lowest BCUT2D eigenvalue weighted by Crippen LogP contribution is -2.14. The smallest absolute Gasteiger partial charge is 0.265 e. The summed E-state index contributed by atoms with van der Waals surface area (Å²) in [5.41, 5.74) is -0.160. The number of nitro groups is 1. The van der Waals surface area contributed by atoms with E-state index in [0.717, 1.165) is 6.20 Å². The topological polar surface area (TPSA) is 95.1 Å². The van der Waals surface area contributed by atoms with Crippen LogP contribution < -0.4 is 0 Å². The highest BCUT2D eigenvalue weighted by molar-refractivity contribution is 7.90. The quantitative estimate of drug-likeness (QED) is 0.595. The van der Waals surface area contributed by atoms with Gasteiger partial charge in [-0.15, -0.1) is 11.3 Å². The Bertz CT molecular complexity index is 722. The Hall–Kier alpha value is -1.45. The second-order valence-electron chi connectivity index (χ2n) is 4.02. The number of aryl methyl sites for hydroxylation is 1.